The Labute approximate surface area is 134 Å². The molecule has 0 aromatic heterocycles. The van der Waals surface area contributed by atoms with Crippen LogP contribution in [0.5, 0.6) is 0 Å². The van der Waals surface area contributed by atoms with Gasteiger partial charge in [-0.15, -0.1) is 0 Å². The zero-order chi connectivity index (χ0) is 15.9. The molecule has 0 aliphatic carbocycles. The Kier molecular flexibility index (Phi) is 4.54. The average molecular weight is 350 g/mol. The van der Waals surface area contributed by atoms with Crippen LogP contribution in [0.25, 0.3) is 0 Å². The highest BCUT2D eigenvalue weighted by Crippen LogP contribution is 2.35. The SMILES string of the molecule is Cc1c(C)c(C)c(C(N)c2cccc(F)c2Br)c(C)c1C. The lowest BCUT2D eigenvalue weighted by atomic mass is 9.84. The molecule has 2 N–H and O–H groups in total. The fourth-order valence-corrected chi connectivity index (χ4v) is 3.42. The molecule has 21 heavy (non-hydrogen) atoms. The molecule has 0 amide bonds. The van der Waals surface area contributed by atoms with Gasteiger partial charge in [0, 0.05) is 0 Å². The second-order valence-corrected chi connectivity index (χ2v) is 6.45. The van der Waals surface area contributed by atoms with Crippen LogP contribution in [0.3, 0.4) is 0 Å². The topological polar surface area (TPSA) is 26.0 Å². The first-order chi connectivity index (χ1) is 9.77. The molecule has 3 heteroatoms. The second-order valence-electron chi connectivity index (χ2n) is 5.66. The van der Waals surface area contributed by atoms with Crippen molar-refractivity contribution >= 4 is 15.9 Å². The third kappa shape index (κ3) is 2.65. The van der Waals surface area contributed by atoms with Gasteiger partial charge in [0.15, 0.2) is 0 Å². The molecule has 1 atom stereocenters. The lowest BCUT2D eigenvalue weighted by Crippen LogP contribution is -2.18. The van der Waals surface area contributed by atoms with Crippen molar-refractivity contribution in [3.63, 3.8) is 0 Å². The molecule has 0 bridgehead atoms. The fraction of sp³-hybridized carbons (Fsp3) is 0.333. The summed E-state index contributed by atoms with van der Waals surface area (Å²) in [6, 6.07) is 4.67. The maximum absolute atomic E-state index is 13.8. The minimum Gasteiger partial charge on any atom is -0.320 e. The number of rotatable bonds is 2. The third-order valence-corrected chi connectivity index (χ3v) is 5.52. The molecule has 1 nitrogen and oxygen atoms in total. The first-order valence-corrected chi connectivity index (χ1v) is 7.83. The minimum absolute atomic E-state index is 0.279. The van der Waals surface area contributed by atoms with Gasteiger partial charge < -0.3 is 5.73 Å². The van der Waals surface area contributed by atoms with Crippen molar-refractivity contribution in [2.75, 3.05) is 0 Å². The number of benzene rings is 2. The van der Waals surface area contributed by atoms with Crippen molar-refractivity contribution in [1.29, 1.82) is 0 Å². The van der Waals surface area contributed by atoms with E-state index in [4.69, 9.17) is 5.73 Å². The number of nitrogens with two attached hydrogens (primary N) is 1. The van der Waals surface area contributed by atoms with Gasteiger partial charge in [-0.25, -0.2) is 4.39 Å². The van der Waals surface area contributed by atoms with E-state index < -0.39 is 0 Å². The summed E-state index contributed by atoms with van der Waals surface area (Å²) in [7, 11) is 0. The molecule has 0 fully saturated rings. The maximum atomic E-state index is 13.8. The fourth-order valence-electron chi connectivity index (χ4n) is 2.91. The number of halogens is 2. The molecule has 2 aromatic carbocycles. The molecule has 0 heterocycles. The van der Waals surface area contributed by atoms with Crippen LogP contribution < -0.4 is 5.73 Å². The van der Waals surface area contributed by atoms with E-state index in [2.05, 4.69) is 50.5 Å². The average Bonchev–Trinajstić information content (AvgIpc) is 2.46. The molecule has 112 valence electrons. The van der Waals surface area contributed by atoms with Crippen LogP contribution in [0.2, 0.25) is 0 Å². The largest absolute Gasteiger partial charge is 0.320 e. The molecule has 2 aromatic rings. The summed E-state index contributed by atoms with van der Waals surface area (Å²) in [4.78, 5) is 0. The zero-order valence-electron chi connectivity index (χ0n) is 13.1. The quantitative estimate of drug-likeness (QED) is 0.794. The van der Waals surface area contributed by atoms with E-state index in [1.807, 2.05) is 6.07 Å². The van der Waals surface area contributed by atoms with Crippen LogP contribution in [0.15, 0.2) is 22.7 Å². The van der Waals surface area contributed by atoms with E-state index >= 15 is 0 Å². The number of hydrogen-bond donors (Lipinski definition) is 1. The standard InChI is InChI=1S/C18H21BrFN/c1-9-10(2)12(4)16(13(5)11(9)3)18(21)14-7-6-8-15(20)17(14)19/h6-8,18H,21H2,1-5H3. The summed E-state index contributed by atoms with van der Waals surface area (Å²) in [5.41, 5.74) is 14.6. The molecular weight excluding hydrogens is 329 g/mol. The molecular formula is C18H21BrFN. The lowest BCUT2D eigenvalue weighted by molar-refractivity contribution is 0.615. The monoisotopic (exact) mass is 349 g/mol. The van der Waals surface area contributed by atoms with Crippen molar-refractivity contribution in [2.45, 2.75) is 40.7 Å². The van der Waals surface area contributed by atoms with E-state index in [1.54, 1.807) is 6.07 Å². The van der Waals surface area contributed by atoms with Gasteiger partial charge in [-0.3, -0.25) is 0 Å². The van der Waals surface area contributed by atoms with E-state index in [9.17, 15) is 4.39 Å². The van der Waals surface area contributed by atoms with Gasteiger partial charge in [-0.2, -0.15) is 0 Å². The highest BCUT2D eigenvalue weighted by Gasteiger charge is 2.21. The van der Waals surface area contributed by atoms with Gasteiger partial charge in [0.25, 0.3) is 0 Å². The van der Waals surface area contributed by atoms with E-state index in [-0.39, 0.29) is 11.9 Å². The van der Waals surface area contributed by atoms with Gasteiger partial charge >= 0.3 is 0 Å². The van der Waals surface area contributed by atoms with Gasteiger partial charge in [0.1, 0.15) is 5.82 Å². The molecule has 1 unspecified atom stereocenters. The molecule has 2 rings (SSSR count). The first-order valence-electron chi connectivity index (χ1n) is 7.03. The first kappa shape index (κ1) is 16.2. The van der Waals surface area contributed by atoms with E-state index in [0.29, 0.717) is 4.47 Å². The van der Waals surface area contributed by atoms with Crippen molar-refractivity contribution in [1.82, 2.24) is 0 Å². The Hall–Kier alpha value is -1.19. The summed E-state index contributed by atoms with van der Waals surface area (Å²) < 4.78 is 14.2. The van der Waals surface area contributed by atoms with Crippen LogP contribution in [0.4, 0.5) is 4.39 Å². The Balaban J connectivity index is 2.70. The van der Waals surface area contributed by atoms with Crippen LogP contribution in [-0.4, -0.2) is 0 Å². The Bertz CT molecular complexity index is 678. The highest BCUT2D eigenvalue weighted by atomic mass is 79.9. The molecule has 0 saturated heterocycles. The van der Waals surface area contributed by atoms with Gasteiger partial charge in [-0.05, 0) is 95.6 Å². The second kappa shape index (κ2) is 5.90. The molecule has 0 spiro atoms. The molecule has 0 aliphatic heterocycles. The van der Waals surface area contributed by atoms with Gasteiger partial charge in [0.2, 0.25) is 0 Å². The van der Waals surface area contributed by atoms with Crippen LogP contribution in [0.1, 0.15) is 45.0 Å². The maximum Gasteiger partial charge on any atom is 0.137 e. The van der Waals surface area contributed by atoms with Crippen molar-refractivity contribution in [3.8, 4) is 0 Å². The van der Waals surface area contributed by atoms with Crippen LogP contribution in [0, 0.1) is 40.4 Å². The molecule has 0 aliphatic rings. The summed E-state index contributed by atoms with van der Waals surface area (Å²) in [5.74, 6) is -0.279. The lowest BCUT2D eigenvalue weighted by Gasteiger charge is -2.24. The van der Waals surface area contributed by atoms with E-state index in [0.717, 1.165) is 11.1 Å². The normalized spacial score (nSPS) is 12.6. The summed E-state index contributed by atoms with van der Waals surface area (Å²) in [5, 5.41) is 0. The van der Waals surface area contributed by atoms with Gasteiger partial charge in [0.05, 0.1) is 10.5 Å². The van der Waals surface area contributed by atoms with Gasteiger partial charge in [-0.1, -0.05) is 12.1 Å². The van der Waals surface area contributed by atoms with Crippen LogP contribution >= 0.6 is 15.9 Å². The van der Waals surface area contributed by atoms with Crippen molar-refractivity contribution < 1.29 is 4.39 Å². The summed E-state index contributed by atoms with van der Waals surface area (Å²) in [6.45, 7) is 10.6. The molecule has 0 saturated carbocycles. The summed E-state index contributed by atoms with van der Waals surface area (Å²) in [6.07, 6.45) is 0. The number of hydrogen-bond acceptors (Lipinski definition) is 1. The minimum atomic E-state index is -0.340. The smallest absolute Gasteiger partial charge is 0.137 e. The Morgan fingerprint density at radius 2 is 1.38 bits per heavy atom. The Morgan fingerprint density at radius 3 is 1.90 bits per heavy atom. The van der Waals surface area contributed by atoms with Crippen molar-refractivity contribution in [2.24, 2.45) is 5.73 Å². The van der Waals surface area contributed by atoms with Crippen LogP contribution in [-0.2, 0) is 0 Å². The summed E-state index contributed by atoms with van der Waals surface area (Å²) >= 11 is 3.32. The molecule has 0 radical (unpaired) electrons. The van der Waals surface area contributed by atoms with E-state index in [1.165, 1.54) is 33.9 Å². The predicted octanol–water partition coefficient (Wildman–Crippen LogP) is 5.18. The predicted molar refractivity (Wildman–Crippen MR) is 90.3 cm³/mol. The van der Waals surface area contributed by atoms with Crippen molar-refractivity contribution in [3.05, 3.63) is 67.4 Å². The third-order valence-electron chi connectivity index (χ3n) is 4.69. The highest BCUT2D eigenvalue weighted by molar-refractivity contribution is 9.10. The zero-order valence-corrected chi connectivity index (χ0v) is 14.7. The Morgan fingerprint density at radius 1 is 0.905 bits per heavy atom.